The van der Waals surface area contributed by atoms with Gasteiger partial charge >= 0.3 is 0 Å². The predicted molar refractivity (Wildman–Crippen MR) is 44.4 cm³/mol. The molecule has 0 aromatic rings. The SMILES string of the molecule is CC(C)(O)C1CNC12CCC2. The van der Waals surface area contributed by atoms with Crippen LogP contribution in [0.15, 0.2) is 0 Å². The number of aliphatic hydroxyl groups is 1. The molecule has 1 aliphatic carbocycles. The smallest absolute Gasteiger partial charge is 0.0649 e. The minimum absolute atomic E-state index is 0.345. The molecule has 1 aliphatic heterocycles. The molecule has 1 saturated carbocycles. The summed E-state index contributed by atoms with van der Waals surface area (Å²) < 4.78 is 0. The zero-order valence-electron chi connectivity index (χ0n) is 7.35. The van der Waals surface area contributed by atoms with Crippen LogP contribution in [-0.4, -0.2) is 22.8 Å². The van der Waals surface area contributed by atoms with Gasteiger partial charge in [0, 0.05) is 18.0 Å². The maximum Gasteiger partial charge on any atom is 0.0649 e. The second-order valence-electron chi connectivity index (χ2n) is 4.60. The largest absolute Gasteiger partial charge is 0.390 e. The molecule has 0 aromatic heterocycles. The first-order chi connectivity index (χ1) is 5.05. The molecule has 11 heavy (non-hydrogen) atoms. The Bertz CT molecular complexity index is 161. The highest BCUT2D eigenvalue weighted by molar-refractivity contribution is 5.13. The van der Waals surface area contributed by atoms with E-state index in [9.17, 15) is 5.11 Å². The van der Waals surface area contributed by atoms with Gasteiger partial charge in [0.05, 0.1) is 5.60 Å². The second-order valence-corrected chi connectivity index (χ2v) is 4.60. The van der Waals surface area contributed by atoms with Gasteiger partial charge in [0.2, 0.25) is 0 Å². The average molecular weight is 155 g/mol. The molecular weight excluding hydrogens is 138 g/mol. The highest BCUT2D eigenvalue weighted by Crippen LogP contribution is 2.47. The van der Waals surface area contributed by atoms with Gasteiger partial charge in [0.15, 0.2) is 0 Å². The van der Waals surface area contributed by atoms with Crippen LogP contribution in [0.4, 0.5) is 0 Å². The molecule has 2 N–H and O–H groups in total. The molecule has 1 unspecified atom stereocenters. The van der Waals surface area contributed by atoms with Crippen molar-refractivity contribution in [3.63, 3.8) is 0 Å². The third-order valence-corrected chi connectivity index (χ3v) is 3.42. The van der Waals surface area contributed by atoms with Crippen LogP contribution in [-0.2, 0) is 0 Å². The molecule has 1 atom stereocenters. The summed E-state index contributed by atoms with van der Waals surface area (Å²) in [5.74, 6) is 0.490. The monoisotopic (exact) mass is 155 g/mol. The fourth-order valence-electron chi connectivity index (χ4n) is 2.50. The van der Waals surface area contributed by atoms with Crippen LogP contribution in [0.25, 0.3) is 0 Å². The van der Waals surface area contributed by atoms with Crippen molar-refractivity contribution in [1.29, 1.82) is 0 Å². The Balaban J connectivity index is 2.06. The van der Waals surface area contributed by atoms with Gasteiger partial charge in [-0.15, -0.1) is 0 Å². The lowest BCUT2D eigenvalue weighted by atomic mass is 9.58. The summed E-state index contributed by atoms with van der Waals surface area (Å²) in [6.45, 7) is 4.86. The van der Waals surface area contributed by atoms with E-state index in [4.69, 9.17) is 0 Å². The molecule has 1 spiro atoms. The van der Waals surface area contributed by atoms with Crippen molar-refractivity contribution in [1.82, 2.24) is 5.32 Å². The van der Waals surface area contributed by atoms with Crippen molar-refractivity contribution in [3.05, 3.63) is 0 Å². The van der Waals surface area contributed by atoms with Gasteiger partial charge < -0.3 is 10.4 Å². The highest BCUT2D eigenvalue weighted by atomic mass is 16.3. The standard InChI is InChI=1S/C9H17NO/c1-8(2,11)7-6-10-9(7)4-3-5-9/h7,10-11H,3-6H2,1-2H3. The van der Waals surface area contributed by atoms with Crippen LogP contribution in [0.2, 0.25) is 0 Å². The fraction of sp³-hybridized carbons (Fsp3) is 1.00. The number of hydrogen-bond donors (Lipinski definition) is 2. The quantitative estimate of drug-likeness (QED) is 0.589. The summed E-state index contributed by atoms with van der Waals surface area (Å²) in [6.07, 6.45) is 3.86. The van der Waals surface area contributed by atoms with Crippen LogP contribution in [0, 0.1) is 5.92 Å². The first kappa shape index (κ1) is 7.56. The molecular formula is C9H17NO. The summed E-state index contributed by atoms with van der Waals surface area (Å²) in [4.78, 5) is 0. The molecule has 2 rings (SSSR count). The molecule has 64 valence electrons. The molecule has 1 heterocycles. The van der Waals surface area contributed by atoms with Crippen molar-refractivity contribution in [2.45, 2.75) is 44.2 Å². The molecule has 0 bridgehead atoms. The van der Waals surface area contributed by atoms with Gasteiger partial charge in [-0.1, -0.05) is 0 Å². The lowest BCUT2D eigenvalue weighted by Gasteiger charge is -2.60. The maximum absolute atomic E-state index is 9.80. The van der Waals surface area contributed by atoms with E-state index in [0.29, 0.717) is 11.5 Å². The van der Waals surface area contributed by atoms with Gasteiger partial charge in [-0.25, -0.2) is 0 Å². The Kier molecular flexibility index (Phi) is 1.37. The molecule has 2 nitrogen and oxygen atoms in total. The van der Waals surface area contributed by atoms with Gasteiger partial charge in [-0.2, -0.15) is 0 Å². The molecule has 2 fully saturated rings. The molecule has 0 aromatic carbocycles. The van der Waals surface area contributed by atoms with E-state index >= 15 is 0 Å². The van der Waals surface area contributed by atoms with Crippen molar-refractivity contribution in [2.24, 2.45) is 5.92 Å². The van der Waals surface area contributed by atoms with Crippen LogP contribution in [0.1, 0.15) is 33.1 Å². The van der Waals surface area contributed by atoms with Crippen molar-refractivity contribution in [2.75, 3.05) is 6.54 Å². The Morgan fingerprint density at radius 3 is 2.18 bits per heavy atom. The van der Waals surface area contributed by atoms with E-state index in [1.165, 1.54) is 19.3 Å². The topological polar surface area (TPSA) is 32.3 Å². The number of rotatable bonds is 1. The van der Waals surface area contributed by atoms with E-state index in [-0.39, 0.29) is 0 Å². The maximum atomic E-state index is 9.80. The summed E-state index contributed by atoms with van der Waals surface area (Å²) >= 11 is 0. The number of nitrogens with one attached hydrogen (secondary N) is 1. The van der Waals surface area contributed by atoms with Gasteiger partial charge in [-0.05, 0) is 33.1 Å². The first-order valence-electron chi connectivity index (χ1n) is 4.52. The molecule has 2 aliphatic rings. The van der Waals surface area contributed by atoms with Gasteiger partial charge in [0.25, 0.3) is 0 Å². The average Bonchev–Trinajstić information content (AvgIpc) is 1.49. The lowest BCUT2D eigenvalue weighted by molar-refractivity contribution is -0.106. The van der Waals surface area contributed by atoms with Gasteiger partial charge in [-0.3, -0.25) is 0 Å². The summed E-state index contributed by atoms with van der Waals surface area (Å²) in [6, 6.07) is 0. The van der Waals surface area contributed by atoms with E-state index < -0.39 is 5.60 Å². The Hall–Kier alpha value is -0.0800. The third-order valence-electron chi connectivity index (χ3n) is 3.42. The molecule has 1 saturated heterocycles. The van der Waals surface area contributed by atoms with Crippen molar-refractivity contribution in [3.8, 4) is 0 Å². The Morgan fingerprint density at radius 1 is 1.45 bits per heavy atom. The van der Waals surface area contributed by atoms with E-state index in [1.54, 1.807) is 0 Å². The zero-order valence-corrected chi connectivity index (χ0v) is 7.35. The van der Waals surface area contributed by atoms with Crippen LogP contribution in [0.3, 0.4) is 0 Å². The lowest BCUT2D eigenvalue weighted by Crippen LogP contribution is -2.73. The second kappa shape index (κ2) is 1.99. The fourth-order valence-corrected chi connectivity index (χ4v) is 2.50. The van der Waals surface area contributed by atoms with E-state index in [2.05, 4.69) is 5.32 Å². The van der Waals surface area contributed by atoms with Crippen LogP contribution < -0.4 is 5.32 Å². The molecule has 0 amide bonds. The van der Waals surface area contributed by atoms with Crippen LogP contribution in [0.5, 0.6) is 0 Å². The predicted octanol–water partition coefficient (Wildman–Crippen LogP) is 0.899. The minimum atomic E-state index is -0.480. The van der Waals surface area contributed by atoms with Crippen molar-refractivity contribution < 1.29 is 5.11 Å². The molecule has 0 radical (unpaired) electrons. The van der Waals surface area contributed by atoms with E-state index in [1.807, 2.05) is 13.8 Å². The zero-order chi connectivity index (χ0) is 8.11. The summed E-state index contributed by atoms with van der Waals surface area (Å²) in [5, 5.41) is 13.3. The molecule has 2 heteroatoms. The van der Waals surface area contributed by atoms with Gasteiger partial charge in [0.1, 0.15) is 0 Å². The third kappa shape index (κ3) is 0.926. The minimum Gasteiger partial charge on any atom is -0.390 e. The Morgan fingerprint density at radius 2 is 2.09 bits per heavy atom. The number of hydrogen-bond acceptors (Lipinski definition) is 2. The highest BCUT2D eigenvalue weighted by Gasteiger charge is 2.55. The first-order valence-corrected chi connectivity index (χ1v) is 4.52. The normalized spacial score (nSPS) is 34.6. The van der Waals surface area contributed by atoms with E-state index in [0.717, 1.165) is 6.54 Å². The van der Waals surface area contributed by atoms with Crippen molar-refractivity contribution >= 4 is 0 Å². The van der Waals surface area contributed by atoms with Crippen LogP contribution >= 0.6 is 0 Å². The Labute approximate surface area is 68.0 Å². The summed E-state index contributed by atoms with van der Waals surface area (Å²) in [5.41, 5.74) is -0.135. The summed E-state index contributed by atoms with van der Waals surface area (Å²) in [7, 11) is 0.